The van der Waals surface area contributed by atoms with E-state index < -0.39 is 0 Å². The van der Waals surface area contributed by atoms with Gasteiger partial charge >= 0.3 is 5.97 Å². The molecule has 2 aliphatic rings. The van der Waals surface area contributed by atoms with Crippen LogP contribution >= 0.6 is 11.8 Å². The van der Waals surface area contributed by atoms with Crippen LogP contribution in [-0.4, -0.2) is 18.8 Å². The average molecular weight is 350 g/mol. The Bertz CT molecular complexity index is 864. The Morgan fingerprint density at radius 3 is 2.36 bits per heavy atom. The summed E-state index contributed by atoms with van der Waals surface area (Å²) in [5.41, 5.74) is 6.36. The Morgan fingerprint density at radius 1 is 1.08 bits per heavy atom. The molecule has 25 heavy (non-hydrogen) atoms. The van der Waals surface area contributed by atoms with Crippen molar-refractivity contribution in [3.8, 4) is 0 Å². The molecule has 0 N–H and O–H groups in total. The molecule has 0 bridgehead atoms. The lowest BCUT2D eigenvalue weighted by Crippen LogP contribution is -1.98. The van der Waals surface area contributed by atoms with Gasteiger partial charge in [-0.05, 0) is 59.8 Å². The maximum absolute atomic E-state index is 12.4. The van der Waals surface area contributed by atoms with Crippen LogP contribution in [-0.2, 0) is 9.53 Å². The molecule has 1 saturated carbocycles. The lowest BCUT2D eigenvalue weighted by atomic mass is 9.94. The van der Waals surface area contributed by atoms with Crippen LogP contribution in [0.4, 0.5) is 0 Å². The second-order valence-corrected chi connectivity index (χ2v) is 7.90. The summed E-state index contributed by atoms with van der Waals surface area (Å²) in [5.74, 6) is 1.27. The quantitative estimate of drug-likeness (QED) is 0.552. The molecule has 1 aliphatic heterocycles. The fourth-order valence-electron chi connectivity index (χ4n) is 3.67. The van der Waals surface area contributed by atoms with Gasteiger partial charge in [-0.2, -0.15) is 0 Å². The zero-order valence-corrected chi connectivity index (χ0v) is 15.7. The highest BCUT2D eigenvalue weighted by atomic mass is 32.2. The van der Waals surface area contributed by atoms with Crippen molar-refractivity contribution in [2.75, 3.05) is 12.9 Å². The summed E-state index contributed by atoms with van der Waals surface area (Å²) < 4.78 is 5.37. The van der Waals surface area contributed by atoms with Crippen LogP contribution in [0.1, 0.15) is 41.5 Å². The van der Waals surface area contributed by atoms with E-state index in [0.717, 1.165) is 22.6 Å². The van der Waals surface area contributed by atoms with Crippen molar-refractivity contribution in [2.45, 2.75) is 31.1 Å². The first-order chi connectivity index (χ1) is 12.1. The van der Waals surface area contributed by atoms with Crippen molar-refractivity contribution in [3.05, 3.63) is 64.7 Å². The molecule has 0 amide bonds. The summed E-state index contributed by atoms with van der Waals surface area (Å²) in [6.45, 7) is 4.75. The highest BCUT2D eigenvalue weighted by molar-refractivity contribution is 7.98. The molecule has 1 fully saturated rings. The van der Waals surface area contributed by atoms with Gasteiger partial charge in [0.15, 0.2) is 0 Å². The number of carbonyl (C=O) groups is 1. The van der Waals surface area contributed by atoms with Crippen molar-refractivity contribution < 1.29 is 9.53 Å². The predicted molar refractivity (Wildman–Crippen MR) is 104 cm³/mol. The zero-order valence-electron chi connectivity index (χ0n) is 14.8. The van der Waals surface area contributed by atoms with Gasteiger partial charge in [-0.3, -0.25) is 0 Å². The number of benzene rings is 2. The Balaban J connectivity index is 1.73. The van der Waals surface area contributed by atoms with Crippen LogP contribution in [0, 0.1) is 12.8 Å². The SMILES string of the molecule is CSc1ccc(C2=C(c3ccc(C4CC4C)cc3)C(=O)OC2)cc1C. The zero-order chi connectivity index (χ0) is 17.6. The number of hydrogen-bond acceptors (Lipinski definition) is 3. The van der Waals surface area contributed by atoms with E-state index in [0.29, 0.717) is 18.1 Å². The first-order valence-electron chi connectivity index (χ1n) is 8.74. The molecule has 0 radical (unpaired) electrons. The van der Waals surface area contributed by atoms with Gasteiger partial charge in [0.2, 0.25) is 0 Å². The fourth-order valence-corrected chi connectivity index (χ4v) is 4.26. The molecule has 2 aromatic rings. The molecular weight excluding hydrogens is 328 g/mol. The van der Waals surface area contributed by atoms with Gasteiger partial charge in [0.05, 0.1) is 5.57 Å². The van der Waals surface area contributed by atoms with Gasteiger partial charge in [0, 0.05) is 10.5 Å². The topological polar surface area (TPSA) is 26.3 Å². The van der Waals surface area contributed by atoms with Gasteiger partial charge in [0.1, 0.15) is 6.61 Å². The first-order valence-corrected chi connectivity index (χ1v) is 9.96. The minimum Gasteiger partial charge on any atom is -0.457 e. The van der Waals surface area contributed by atoms with E-state index in [1.807, 2.05) is 0 Å². The molecule has 2 nitrogen and oxygen atoms in total. The molecule has 0 spiro atoms. The number of aryl methyl sites for hydroxylation is 1. The lowest BCUT2D eigenvalue weighted by molar-refractivity contribution is -0.133. The molecule has 2 atom stereocenters. The molecule has 1 heterocycles. The Morgan fingerprint density at radius 2 is 1.76 bits per heavy atom. The summed E-state index contributed by atoms with van der Waals surface area (Å²) in [4.78, 5) is 13.6. The standard InChI is InChI=1S/C22H22O2S/c1-13-11-18(13)15-4-6-16(7-5-15)21-19(12-24-22(21)23)17-8-9-20(25-3)14(2)10-17/h4-10,13,18H,11-12H2,1-3H3. The normalized spacial score (nSPS) is 22.3. The third kappa shape index (κ3) is 3.02. The van der Waals surface area contributed by atoms with Crippen molar-refractivity contribution in [1.29, 1.82) is 0 Å². The number of cyclic esters (lactones) is 1. The third-order valence-electron chi connectivity index (χ3n) is 5.33. The molecule has 4 rings (SSSR count). The van der Waals surface area contributed by atoms with E-state index in [2.05, 4.69) is 62.6 Å². The molecule has 1 aliphatic carbocycles. The second-order valence-electron chi connectivity index (χ2n) is 7.06. The largest absolute Gasteiger partial charge is 0.457 e. The number of rotatable bonds is 4. The van der Waals surface area contributed by atoms with Gasteiger partial charge in [-0.1, -0.05) is 43.3 Å². The summed E-state index contributed by atoms with van der Waals surface area (Å²) in [7, 11) is 0. The van der Waals surface area contributed by atoms with Crippen LogP contribution in [0.3, 0.4) is 0 Å². The molecule has 2 aromatic carbocycles. The first kappa shape index (κ1) is 16.5. The highest BCUT2D eigenvalue weighted by Gasteiger charge is 2.34. The van der Waals surface area contributed by atoms with Gasteiger partial charge in [-0.15, -0.1) is 11.8 Å². The van der Waals surface area contributed by atoms with E-state index in [-0.39, 0.29) is 5.97 Å². The summed E-state index contributed by atoms with van der Waals surface area (Å²) in [6, 6.07) is 14.9. The Kier molecular flexibility index (Phi) is 4.20. The minimum atomic E-state index is -0.214. The van der Waals surface area contributed by atoms with Crippen molar-refractivity contribution in [3.63, 3.8) is 0 Å². The van der Waals surface area contributed by atoms with Crippen LogP contribution in [0.25, 0.3) is 11.1 Å². The van der Waals surface area contributed by atoms with Crippen LogP contribution in [0.15, 0.2) is 47.4 Å². The number of carbonyl (C=O) groups excluding carboxylic acids is 1. The summed E-state index contributed by atoms with van der Waals surface area (Å²) in [5, 5.41) is 0. The van der Waals surface area contributed by atoms with E-state index in [1.54, 1.807) is 11.8 Å². The number of ether oxygens (including phenoxy) is 1. The summed E-state index contributed by atoms with van der Waals surface area (Å²) >= 11 is 1.74. The van der Waals surface area contributed by atoms with Crippen LogP contribution in [0.5, 0.6) is 0 Å². The number of hydrogen-bond donors (Lipinski definition) is 0. The number of thioether (sulfide) groups is 1. The Hall–Kier alpha value is -2.00. The fraction of sp³-hybridized carbons (Fsp3) is 0.318. The van der Waals surface area contributed by atoms with E-state index in [4.69, 9.17) is 4.74 Å². The van der Waals surface area contributed by atoms with E-state index in [1.165, 1.54) is 22.4 Å². The van der Waals surface area contributed by atoms with Crippen molar-refractivity contribution in [1.82, 2.24) is 0 Å². The van der Waals surface area contributed by atoms with Crippen LogP contribution in [0.2, 0.25) is 0 Å². The third-order valence-corrected chi connectivity index (χ3v) is 6.23. The molecule has 0 aromatic heterocycles. The Labute approximate surface area is 153 Å². The highest BCUT2D eigenvalue weighted by Crippen LogP contribution is 2.47. The predicted octanol–water partition coefficient (Wildman–Crippen LogP) is 5.31. The lowest BCUT2D eigenvalue weighted by Gasteiger charge is -2.09. The second kappa shape index (κ2) is 6.38. The molecule has 128 valence electrons. The van der Waals surface area contributed by atoms with Gasteiger partial charge in [-0.25, -0.2) is 4.79 Å². The van der Waals surface area contributed by atoms with Gasteiger partial charge in [0.25, 0.3) is 0 Å². The maximum atomic E-state index is 12.4. The maximum Gasteiger partial charge on any atom is 0.339 e. The van der Waals surface area contributed by atoms with Crippen LogP contribution < -0.4 is 0 Å². The summed E-state index contributed by atoms with van der Waals surface area (Å²) in [6.07, 6.45) is 3.35. The molecule has 0 saturated heterocycles. The molecular formula is C22H22O2S. The van der Waals surface area contributed by atoms with E-state index in [9.17, 15) is 4.79 Å². The monoisotopic (exact) mass is 350 g/mol. The minimum absolute atomic E-state index is 0.214. The average Bonchev–Trinajstić information content (AvgIpc) is 3.22. The molecule has 3 heteroatoms. The van der Waals surface area contributed by atoms with Crippen molar-refractivity contribution >= 4 is 28.9 Å². The number of esters is 1. The molecule has 2 unspecified atom stereocenters. The van der Waals surface area contributed by atoms with E-state index >= 15 is 0 Å². The van der Waals surface area contributed by atoms with Gasteiger partial charge < -0.3 is 4.74 Å². The van der Waals surface area contributed by atoms with Crippen molar-refractivity contribution in [2.24, 2.45) is 5.92 Å². The smallest absolute Gasteiger partial charge is 0.339 e.